The topological polar surface area (TPSA) is 48.8 Å². The molecule has 0 spiro atoms. The highest BCUT2D eigenvalue weighted by Crippen LogP contribution is 2.49. The predicted octanol–water partition coefficient (Wildman–Crippen LogP) is 7.21. The zero-order valence-electron chi connectivity index (χ0n) is 25.5. The van der Waals surface area contributed by atoms with Crippen molar-refractivity contribution in [1.29, 1.82) is 0 Å². The first-order valence-corrected chi connectivity index (χ1v) is 14.8. The van der Waals surface area contributed by atoms with E-state index >= 15 is 0 Å². The number of benzene rings is 4. The van der Waals surface area contributed by atoms with Crippen molar-refractivity contribution >= 4 is 21.7 Å². The molecule has 0 radical (unpaired) electrons. The average molecular weight is 562 g/mol. The van der Waals surface area contributed by atoms with E-state index in [0.717, 1.165) is 64.3 Å². The van der Waals surface area contributed by atoms with Gasteiger partial charge in [-0.1, -0.05) is 78.9 Å². The Labute approximate surface area is 250 Å². The molecular formula is C37H43N3O2. The van der Waals surface area contributed by atoms with E-state index in [4.69, 9.17) is 9.72 Å². The number of aliphatic hydroxyl groups is 1. The van der Waals surface area contributed by atoms with Gasteiger partial charge in [0.25, 0.3) is 0 Å². The minimum absolute atomic E-state index is 0.409. The van der Waals surface area contributed by atoms with Crippen LogP contribution in [0.4, 0.5) is 0 Å². The highest BCUT2D eigenvalue weighted by Gasteiger charge is 2.43. The summed E-state index contributed by atoms with van der Waals surface area (Å²) in [6.07, 6.45) is 2.45. The summed E-state index contributed by atoms with van der Waals surface area (Å²) in [5, 5.41) is 16.5. The predicted molar refractivity (Wildman–Crippen MR) is 174 cm³/mol. The van der Waals surface area contributed by atoms with Crippen molar-refractivity contribution in [1.82, 2.24) is 14.8 Å². The van der Waals surface area contributed by atoms with Crippen LogP contribution >= 0.6 is 0 Å². The van der Waals surface area contributed by atoms with Crippen molar-refractivity contribution in [2.24, 2.45) is 0 Å². The minimum atomic E-state index is -1.22. The van der Waals surface area contributed by atoms with Crippen molar-refractivity contribution in [3.8, 4) is 5.88 Å². The largest absolute Gasteiger partial charge is 0.481 e. The first-order valence-electron chi connectivity index (χ1n) is 14.8. The van der Waals surface area contributed by atoms with E-state index in [1.54, 1.807) is 7.11 Å². The molecule has 5 rings (SSSR count). The van der Waals surface area contributed by atoms with Crippen LogP contribution < -0.4 is 4.74 Å². The van der Waals surface area contributed by atoms with Crippen LogP contribution in [0, 0.1) is 0 Å². The minimum Gasteiger partial charge on any atom is -0.481 e. The summed E-state index contributed by atoms with van der Waals surface area (Å²) in [6, 6.07) is 33.6. The van der Waals surface area contributed by atoms with Crippen LogP contribution in [0.1, 0.15) is 47.4 Å². The number of hydrogen-bond acceptors (Lipinski definition) is 5. The summed E-state index contributed by atoms with van der Waals surface area (Å²) in [4.78, 5) is 9.36. The van der Waals surface area contributed by atoms with Gasteiger partial charge in [0.2, 0.25) is 5.88 Å². The summed E-state index contributed by atoms with van der Waals surface area (Å²) in [5.74, 6) is 0.136. The Morgan fingerprint density at radius 1 is 0.786 bits per heavy atom. The molecule has 1 aromatic heterocycles. The molecule has 4 aromatic carbocycles. The molecule has 0 aliphatic heterocycles. The maximum Gasteiger partial charge on any atom is 0.217 e. The fraction of sp³-hybridized carbons (Fsp3) is 0.324. The molecular weight excluding hydrogens is 518 g/mol. The molecule has 0 aliphatic rings. The van der Waals surface area contributed by atoms with Crippen LogP contribution in [0.3, 0.4) is 0 Å². The molecule has 1 heterocycles. The lowest BCUT2D eigenvalue weighted by molar-refractivity contribution is 0.00821. The first-order chi connectivity index (χ1) is 20.3. The third-order valence-electron chi connectivity index (χ3n) is 8.15. The van der Waals surface area contributed by atoms with E-state index in [9.17, 15) is 5.11 Å². The summed E-state index contributed by atoms with van der Waals surface area (Å²) in [5.41, 5.74) is 3.73. The lowest BCUT2D eigenvalue weighted by Crippen LogP contribution is -2.35. The van der Waals surface area contributed by atoms with Gasteiger partial charge in [-0.05, 0) is 99.7 Å². The van der Waals surface area contributed by atoms with E-state index in [2.05, 4.69) is 117 Å². The quantitative estimate of drug-likeness (QED) is 0.163. The second-order valence-electron chi connectivity index (χ2n) is 11.9. The average Bonchev–Trinajstić information content (AvgIpc) is 2.99. The number of rotatable bonds is 12. The van der Waals surface area contributed by atoms with Crippen molar-refractivity contribution in [3.05, 3.63) is 119 Å². The smallest absolute Gasteiger partial charge is 0.217 e. The van der Waals surface area contributed by atoms with Crippen molar-refractivity contribution < 1.29 is 9.84 Å². The second kappa shape index (κ2) is 13.0. The Morgan fingerprint density at radius 3 is 2.26 bits per heavy atom. The summed E-state index contributed by atoms with van der Waals surface area (Å²) < 4.78 is 5.99. The van der Waals surface area contributed by atoms with Crippen LogP contribution in [0.5, 0.6) is 5.88 Å². The van der Waals surface area contributed by atoms with Gasteiger partial charge in [0, 0.05) is 23.4 Å². The number of hydrogen-bond donors (Lipinski definition) is 1. The highest BCUT2D eigenvalue weighted by molar-refractivity contribution is 5.87. The molecule has 0 bridgehead atoms. The van der Waals surface area contributed by atoms with E-state index < -0.39 is 11.5 Å². The third kappa shape index (κ3) is 6.34. The van der Waals surface area contributed by atoms with Gasteiger partial charge < -0.3 is 19.6 Å². The number of nitrogens with zero attached hydrogens (tertiary/aromatic N) is 3. The monoisotopic (exact) mass is 561 g/mol. The Kier molecular flexibility index (Phi) is 9.22. The van der Waals surface area contributed by atoms with E-state index in [0.29, 0.717) is 12.3 Å². The van der Waals surface area contributed by atoms with Gasteiger partial charge in [0.15, 0.2) is 0 Å². The third-order valence-corrected chi connectivity index (χ3v) is 8.15. The normalized spacial score (nSPS) is 14.0. The van der Waals surface area contributed by atoms with E-state index in [-0.39, 0.29) is 0 Å². The summed E-state index contributed by atoms with van der Waals surface area (Å²) in [6.45, 7) is 1.81. The second-order valence-corrected chi connectivity index (χ2v) is 11.9. The molecule has 0 saturated carbocycles. The summed E-state index contributed by atoms with van der Waals surface area (Å²) >= 11 is 0. The summed E-state index contributed by atoms with van der Waals surface area (Å²) in [7, 11) is 10.0. The van der Waals surface area contributed by atoms with Gasteiger partial charge >= 0.3 is 0 Å². The molecule has 0 amide bonds. The molecule has 0 saturated heterocycles. The molecule has 2 atom stereocenters. The van der Waals surface area contributed by atoms with Crippen LogP contribution in [0.15, 0.2) is 97.1 Å². The molecule has 2 unspecified atom stereocenters. The highest BCUT2D eigenvalue weighted by atomic mass is 16.5. The maximum absolute atomic E-state index is 13.3. The standard InChI is InChI=1S/C37H43N3O2/c1-39(2)23-12-11-22-37(41,33-19-13-17-28-14-9-10-18-31(28)33)35(29-15-7-6-8-16-29)32-25-30-24-27(26-40(3)4)20-21-34(30)38-36(32)42-5/h6-10,13-21,24-25,35,41H,11-12,22-23,26H2,1-5H3. The molecule has 5 heteroatoms. The van der Waals surface area contributed by atoms with Crippen molar-refractivity contribution in [3.63, 3.8) is 0 Å². The molecule has 5 aromatic rings. The molecule has 42 heavy (non-hydrogen) atoms. The Balaban J connectivity index is 1.76. The molecule has 218 valence electrons. The Hall–Kier alpha value is -3.77. The van der Waals surface area contributed by atoms with E-state index in [1.807, 2.05) is 18.2 Å². The lowest BCUT2D eigenvalue weighted by Gasteiger charge is -2.39. The van der Waals surface area contributed by atoms with Crippen LogP contribution in [0.2, 0.25) is 0 Å². The molecule has 0 fully saturated rings. The number of pyridine rings is 1. The van der Waals surface area contributed by atoms with Crippen LogP contribution in [-0.2, 0) is 12.1 Å². The number of unbranched alkanes of at least 4 members (excludes halogenated alkanes) is 1. The first kappa shape index (κ1) is 29.7. The Bertz CT molecular complexity index is 1630. The zero-order chi connectivity index (χ0) is 29.7. The van der Waals surface area contributed by atoms with Crippen molar-refractivity contribution in [2.45, 2.75) is 37.3 Å². The zero-order valence-corrected chi connectivity index (χ0v) is 25.5. The number of fused-ring (bicyclic) bond motifs is 2. The van der Waals surface area contributed by atoms with E-state index in [1.165, 1.54) is 5.56 Å². The lowest BCUT2D eigenvalue weighted by atomic mass is 9.70. The Morgan fingerprint density at radius 2 is 1.52 bits per heavy atom. The molecule has 5 nitrogen and oxygen atoms in total. The van der Waals surface area contributed by atoms with Crippen LogP contribution in [0.25, 0.3) is 21.7 Å². The van der Waals surface area contributed by atoms with Crippen LogP contribution in [-0.4, -0.2) is 61.7 Å². The number of aromatic nitrogens is 1. The van der Waals surface area contributed by atoms with Crippen molar-refractivity contribution in [2.75, 3.05) is 41.8 Å². The fourth-order valence-corrected chi connectivity index (χ4v) is 6.28. The molecule has 1 N–H and O–H groups in total. The maximum atomic E-state index is 13.3. The van der Waals surface area contributed by atoms with Gasteiger partial charge in [0.1, 0.15) is 5.60 Å². The SMILES string of the molecule is COc1nc2ccc(CN(C)C)cc2cc1C(c1ccccc1)C(O)(CCCCN(C)C)c1cccc2ccccc12. The number of ether oxygens (including phenoxy) is 1. The number of methoxy groups -OCH3 is 1. The van der Waals surface area contributed by atoms with Gasteiger partial charge in [-0.2, -0.15) is 0 Å². The van der Waals surface area contributed by atoms with Gasteiger partial charge in [-0.3, -0.25) is 0 Å². The molecule has 0 aliphatic carbocycles. The van der Waals surface area contributed by atoms with Gasteiger partial charge in [-0.25, -0.2) is 4.98 Å². The van der Waals surface area contributed by atoms with Gasteiger partial charge in [0.05, 0.1) is 12.6 Å². The van der Waals surface area contributed by atoms with Gasteiger partial charge in [-0.15, -0.1) is 0 Å². The fourth-order valence-electron chi connectivity index (χ4n) is 6.28.